The van der Waals surface area contributed by atoms with Gasteiger partial charge in [-0.15, -0.1) is 10.2 Å². The molecule has 12 heteroatoms. The fourth-order valence-corrected chi connectivity index (χ4v) is 8.32. The lowest BCUT2D eigenvalue weighted by molar-refractivity contribution is -0.134. The third kappa shape index (κ3) is 6.09. The summed E-state index contributed by atoms with van der Waals surface area (Å²) in [6.07, 6.45) is 11.4. The number of phenolic OH excluding ortho intramolecular Hbond substituents is 1. The molecule has 4 aliphatic rings. The molecule has 1 saturated carbocycles. The fourth-order valence-electron chi connectivity index (χ4n) is 8.32. The van der Waals surface area contributed by atoms with Crippen LogP contribution >= 0.6 is 0 Å². The van der Waals surface area contributed by atoms with Crippen molar-refractivity contribution in [2.75, 3.05) is 36.9 Å². The molecular weight excluding hydrogens is 620 g/mol. The molecule has 2 saturated heterocycles. The van der Waals surface area contributed by atoms with Gasteiger partial charge in [0.25, 0.3) is 0 Å². The maximum atomic E-state index is 12.7. The summed E-state index contributed by atoms with van der Waals surface area (Å²) < 4.78 is 8.34. The van der Waals surface area contributed by atoms with Gasteiger partial charge < -0.3 is 25.4 Å². The summed E-state index contributed by atoms with van der Waals surface area (Å²) in [7, 11) is 0. The number of imide groups is 1. The van der Waals surface area contributed by atoms with Crippen molar-refractivity contribution in [3.63, 3.8) is 0 Å². The van der Waals surface area contributed by atoms with Gasteiger partial charge in [-0.3, -0.25) is 19.6 Å². The Morgan fingerprint density at radius 3 is 2.49 bits per heavy atom. The number of likely N-dealkylation sites (tertiary alicyclic amines) is 1. The van der Waals surface area contributed by atoms with E-state index in [1.165, 1.54) is 5.56 Å². The predicted octanol–water partition coefficient (Wildman–Crippen LogP) is 4.66. The van der Waals surface area contributed by atoms with Gasteiger partial charge >= 0.3 is 0 Å². The zero-order valence-corrected chi connectivity index (χ0v) is 27.5. The highest BCUT2D eigenvalue weighted by Crippen LogP contribution is 2.45. The highest BCUT2D eigenvalue weighted by atomic mass is 16.5. The first-order valence-corrected chi connectivity index (χ1v) is 17.5. The van der Waals surface area contributed by atoms with Crippen molar-refractivity contribution in [3.05, 3.63) is 66.5 Å². The highest BCUT2D eigenvalue weighted by molar-refractivity contribution is 6.02. The molecule has 3 aliphatic heterocycles. The smallest absolute Gasteiger partial charge is 0.249 e. The number of anilines is 2. The summed E-state index contributed by atoms with van der Waals surface area (Å²) >= 11 is 0. The Hall–Kier alpha value is -4.97. The number of para-hydroxylation sites is 2. The average molecular weight is 663 g/mol. The minimum Gasteiger partial charge on any atom is -0.507 e. The Morgan fingerprint density at radius 2 is 1.69 bits per heavy atom. The zero-order valence-electron chi connectivity index (χ0n) is 27.5. The van der Waals surface area contributed by atoms with E-state index >= 15 is 0 Å². The molecule has 49 heavy (non-hydrogen) atoms. The van der Waals surface area contributed by atoms with Crippen LogP contribution in [0.2, 0.25) is 0 Å². The number of nitrogens with zero attached hydrogens (tertiary/aromatic N) is 6. The van der Waals surface area contributed by atoms with Crippen LogP contribution in [0.1, 0.15) is 68.9 Å². The lowest BCUT2D eigenvalue weighted by atomic mass is 9.80. The van der Waals surface area contributed by atoms with Gasteiger partial charge in [-0.2, -0.15) is 5.10 Å². The largest absolute Gasteiger partial charge is 0.507 e. The zero-order chi connectivity index (χ0) is 33.5. The molecule has 8 rings (SSSR count). The van der Waals surface area contributed by atoms with Gasteiger partial charge in [0.1, 0.15) is 24.1 Å². The SMILES string of the molecule is Nc1nnc(-c2ccccc2O)cc1-c1cnn(C2CCN([C@H]3CC[C@@H](c4cccc5c4OCCN5[C@@H]4CCC(=O)NC4=O)CC3)CC2)c1. The second-order valence-electron chi connectivity index (χ2n) is 13.7. The number of aromatic nitrogens is 4. The Morgan fingerprint density at radius 1 is 0.878 bits per heavy atom. The van der Waals surface area contributed by atoms with E-state index < -0.39 is 0 Å². The normalized spacial score (nSPS) is 23.5. The number of nitrogens with one attached hydrogen (secondary N) is 1. The summed E-state index contributed by atoms with van der Waals surface area (Å²) in [6.45, 7) is 3.25. The van der Waals surface area contributed by atoms with Crippen molar-refractivity contribution in [2.24, 2.45) is 0 Å². The van der Waals surface area contributed by atoms with Gasteiger partial charge in [0.2, 0.25) is 11.8 Å². The van der Waals surface area contributed by atoms with Gasteiger partial charge in [-0.25, -0.2) is 0 Å². The van der Waals surface area contributed by atoms with Crippen LogP contribution in [0.3, 0.4) is 0 Å². The molecule has 5 heterocycles. The van der Waals surface area contributed by atoms with Crippen LogP contribution < -0.4 is 20.7 Å². The number of rotatable bonds is 6. The number of amides is 2. The number of piperidine rings is 2. The van der Waals surface area contributed by atoms with Crippen molar-refractivity contribution in [1.29, 1.82) is 0 Å². The van der Waals surface area contributed by atoms with E-state index in [0.29, 0.717) is 61.1 Å². The van der Waals surface area contributed by atoms with E-state index in [1.54, 1.807) is 12.1 Å². The minimum absolute atomic E-state index is 0.148. The first kappa shape index (κ1) is 31.3. The molecule has 2 aromatic carbocycles. The predicted molar refractivity (Wildman–Crippen MR) is 185 cm³/mol. The number of fused-ring (bicyclic) bond motifs is 1. The monoisotopic (exact) mass is 662 g/mol. The van der Waals surface area contributed by atoms with Crippen molar-refractivity contribution < 1.29 is 19.4 Å². The molecule has 0 radical (unpaired) electrons. The fraction of sp³-hybridized carbons (Fsp3) is 0.432. The van der Waals surface area contributed by atoms with Crippen molar-refractivity contribution in [1.82, 2.24) is 30.2 Å². The van der Waals surface area contributed by atoms with Gasteiger partial charge in [-0.1, -0.05) is 24.3 Å². The molecule has 254 valence electrons. The maximum absolute atomic E-state index is 12.7. The van der Waals surface area contributed by atoms with Crippen LogP contribution in [0.15, 0.2) is 60.9 Å². The average Bonchev–Trinajstić information content (AvgIpc) is 3.62. The van der Waals surface area contributed by atoms with Crippen molar-refractivity contribution in [3.8, 4) is 33.9 Å². The minimum atomic E-state index is -0.337. The van der Waals surface area contributed by atoms with E-state index in [0.717, 1.165) is 74.2 Å². The quantitative estimate of drug-likeness (QED) is 0.249. The van der Waals surface area contributed by atoms with E-state index in [9.17, 15) is 14.7 Å². The Labute approximate surface area is 285 Å². The second kappa shape index (κ2) is 13.1. The Balaban J connectivity index is 0.884. The Kier molecular flexibility index (Phi) is 8.40. The number of aromatic hydroxyl groups is 1. The highest BCUT2D eigenvalue weighted by Gasteiger charge is 2.37. The number of carbonyl (C=O) groups excluding carboxylic acids is 2. The number of hydrogen-bond acceptors (Lipinski definition) is 10. The van der Waals surface area contributed by atoms with Crippen LogP contribution in [-0.2, 0) is 9.59 Å². The standard InChI is InChI=1S/C37H42N8O4/c38-36-29(20-30(41-42-36)28-4-1-2-7-33(28)46)24-21-39-45(22-24)26-14-16-43(17-15-26)25-10-8-23(9-11-25)27-5-3-6-31-35(27)49-19-18-44(31)32-12-13-34(47)40-37(32)48/h1-7,20-23,25-26,32,46H,8-19H2,(H2,38,42)(H,40,47,48)/t23-,25+,32-/m1/s1. The summed E-state index contributed by atoms with van der Waals surface area (Å²) in [4.78, 5) is 29.2. The van der Waals surface area contributed by atoms with Crippen LogP contribution in [-0.4, -0.2) is 80.1 Å². The summed E-state index contributed by atoms with van der Waals surface area (Å²) in [5.74, 6) is 1.43. The maximum Gasteiger partial charge on any atom is 0.249 e. The van der Waals surface area contributed by atoms with E-state index in [-0.39, 0.29) is 23.6 Å². The van der Waals surface area contributed by atoms with Crippen LogP contribution in [0.25, 0.3) is 22.4 Å². The van der Waals surface area contributed by atoms with E-state index in [2.05, 4.69) is 54.4 Å². The van der Waals surface area contributed by atoms with Crippen LogP contribution in [0.5, 0.6) is 11.5 Å². The Bertz CT molecular complexity index is 1860. The molecule has 2 aromatic heterocycles. The molecule has 0 spiro atoms. The number of ether oxygens (including phenoxy) is 1. The van der Waals surface area contributed by atoms with Crippen LogP contribution in [0.4, 0.5) is 11.5 Å². The van der Waals surface area contributed by atoms with Gasteiger partial charge in [0, 0.05) is 48.4 Å². The number of carbonyl (C=O) groups is 2. The number of nitrogen functional groups attached to an aromatic ring is 1. The summed E-state index contributed by atoms with van der Waals surface area (Å²) in [5, 5.41) is 25.9. The molecule has 0 bridgehead atoms. The summed E-state index contributed by atoms with van der Waals surface area (Å²) in [5.41, 5.74) is 11.3. The summed E-state index contributed by atoms with van der Waals surface area (Å²) in [6, 6.07) is 15.8. The number of nitrogens with two attached hydrogens (primary N) is 1. The number of hydrogen-bond donors (Lipinski definition) is 3. The van der Waals surface area contributed by atoms with Crippen LogP contribution in [0, 0.1) is 0 Å². The second-order valence-corrected chi connectivity index (χ2v) is 13.7. The number of benzene rings is 2. The van der Waals surface area contributed by atoms with Crippen molar-refractivity contribution in [2.45, 2.75) is 75.4 Å². The number of phenols is 1. The molecule has 0 unspecified atom stereocenters. The molecule has 3 fully saturated rings. The topological polar surface area (TPSA) is 152 Å². The van der Waals surface area contributed by atoms with E-state index in [1.807, 2.05) is 24.4 Å². The molecule has 1 aliphatic carbocycles. The molecular formula is C37H42N8O4. The molecule has 12 nitrogen and oxygen atoms in total. The third-order valence-electron chi connectivity index (χ3n) is 10.9. The van der Waals surface area contributed by atoms with Crippen molar-refractivity contribution >= 4 is 23.3 Å². The molecule has 4 aromatic rings. The van der Waals surface area contributed by atoms with Gasteiger partial charge in [0.15, 0.2) is 5.82 Å². The first-order valence-electron chi connectivity index (χ1n) is 17.5. The van der Waals surface area contributed by atoms with Gasteiger partial charge in [-0.05, 0) is 80.7 Å². The lowest BCUT2D eigenvalue weighted by Gasteiger charge is -2.42. The molecule has 1 atom stereocenters. The first-order chi connectivity index (χ1) is 23.9. The molecule has 4 N–H and O–H groups in total. The van der Waals surface area contributed by atoms with Gasteiger partial charge in [0.05, 0.1) is 30.2 Å². The third-order valence-corrected chi connectivity index (χ3v) is 10.9. The lowest BCUT2D eigenvalue weighted by Crippen LogP contribution is -2.54. The van der Waals surface area contributed by atoms with E-state index in [4.69, 9.17) is 15.6 Å². The molecule has 2 amide bonds.